The van der Waals surface area contributed by atoms with E-state index in [-0.39, 0.29) is 37.0 Å². The standard InChI is InChI=1S/C37H38Cl2N8O6/c1-37(51)14-23(15-37)41-16-29-44-34-28(52-2)13-21(18-47(34)45-29)33-32(39)25(11-12-40-33)24-5-4-6-26(31(24)38)27-9-7-20(35(43-27)53-3)17-46(36(49)50)19-22-8-10-30(48)42-22/h4-7,9,11-13,18,22-23,41,51H,8,10,14-17,19H2,1-3H3,(H,42,48)(H,49,50). The van der Waals surface area contributed by atoms with Crippen LogP contribution < -0.4 is 20.1 Å². The van der Waals surface area contributed by atoms with Crippen molar-refractivity contribution in [1.29, 1.82) is 0 Å². The summed E-state index contributed by atoms with van der Waals surface area (Å²) in [4.78, 5) is 38.9. The van der Waals surface area contributed by atoms with Crippen molar-refractivity contribution < 1.29 is 29.3 Å². The number of aliphatic hydroxyl groups is 1. The summed E-state index contributed by atoms with van der Waals surface area (Å²) in [5, 5.41) is 31.6. The van der Waals surface area contributed by atoms with E-state index in [1.807, 2.05) is 31.2 Å². The molecule has 7 rings (SSSR count). The van der Waals surface area contributed by atoms with E-state index >= 15 is 0 Å². The minimum absolute atomic E-state index is 0.0231. The molecule has 1 atom stereocenters. The lowest BCUT2D eigenvalue weighted by molar-refractivity contribution is -0.119. The first kappa shape index (κ1) is 36.3. The fourth-order valence-corrected chi connectivity index (χ4v) is 7.59. The number of ether oxygens (including phenoxy) is 2. The average Bonchev–Trinajstić information content (AvgIpc) is 3.74. The lowest BCUT2D eigenvalue weighted by Crippen LogP contribution is -2.51. The number of halogens is 2. The van der Waals surface area contributed by atoms with E-state index in [0.717, 1.165) is 0 Å². The Hall–Kier alpha value is -5.02. The highest BCUT2D eigenvalue weighted by atomic mass is 35.5. The van der Waals surface area contributed by atoms with Crippen LogP contribution in [0, 0.1) is 0 Å². The monoisotopic (exact) mass is 760 g/mol. The molecule has 1 unspecified atom stereocenters. The van der Waals surface area contributed by atoms with Crippen LogP contribution in [0.4, 0.5) is 4.79 Å². The molecule has 2 aliphatic rings. The number of methoxy groups -OCH3 is 2. The number of hydrogen-bond donors (Lipinski definition) is 4. The SMILES string of the molecule is COc1nc(-c2cccc(-c3ccnc(-c4cc(OC)c5nc(CNC6CC(C)(O)C6)nn5c4)c3Cl)c2Cl)ccc1CN(CC1CCC(=O)N1)C(=O)O. The van der Waals surface area contributed by atoms with Gasteiger partial charge in [-0.3, -0.25) is 9.78 Å². The van der Waals surface area contributed by atoms with E-state index in [1.165, 1.54) is 12.0 Å². The van der Waals surface area contributed by atoms with Gasteiger partial charge >= 0.3 is 6.09 Å². The smallest absolute Gasteiger partial charge is 0.407 e. The van der Waals surface area contributed by atoms with Crippen LogP contribution in [-0.4, -0.2) is 90.1 Å². The number of pyridine rings is 3. The molecule has 0 spiro atoms. The first-order valence-electron chi connectivity index (χ1n) is 17.1. The number of amides is 2. The van der Waals surface area contributed by atoms with Gasteiger partial charge in [0, 0.05) is 65.3 Å². The van der Waals surface area contributed by atoms with E-state index in [4.69, 9.17) is 37.7 Å². The molecule has 4 aromatic heterocycles. The number of nitrogens with zero attached hydrogens (tertiary/aromatic N) is 6. The van der Waals surface area contributed by atoms with Crippen LogP contribution >= 0.6 is 23.2 Å². The summed E-state index contributed by atoms with van der Waals surface area (Å²) in [7, 11) is 3.03. The predicted octanol–water partition coefficient (Wildman–Crippen LogP) is 5.61. The van der Waals surface area contributed by atoms with Crippen LogP contribution in [0.15, 0.2) is 54.9 Å². The van der Waals surface area contributed by atoms with Crippen molar-refractivity contribution in [1.82, 2.24) is 40.1 Å². The van der Waals surface area contributed by atoms with Crippen LogP contribution in [0.25, 0.3) is 39.3 Å². The van der Waals surface area contributed by atoms with Gasteiger partial charge in [0.05, 0.1) is 54.3 Å². The zero-order valence-corrected chi connectivity index (χ0v) is 30.8. The molecule has 0 radical (unpaired) electrons. The largest absolute Gasteiger partial charge is 0.493 e. The molecule has 2 amide bonds. The molecule has 1 aliphatic carbocycles. The van der Waals surface area contributed by atoms with Crippen molar-refractivity contribution in [3.63, 3.8) is 0 Å². The Balaban J connectivity index is 1.15. The molecule has 0 bridgehead atoms. The third-order valence-electron chi connectivity index (χ3n) is 9.60. The van der Waals surface area contributed by atoms with Crippen LogP contribution in [0.3, 0.4) is 0 Å². The topological polar surface area (TPSA) is 176 Å². The molecule has 5 heterocycles. The number of hydrogen-bond acceptors (Lipinski definition) is 10. The Morgan fingerprint density at radius 1 is 1.09 bits per heavy atom. The highest BCUT2D eigenvalue weighted by molar-refractivity contribution is 6.39. The maximum atomic E-state index is 12.1. The number of benzene rings is 1. The van der Waals surface area contributed by atoms with E-state index < -0.39 is 11.7 Å². The zero-order valence-electron chi connectivity index (χ0n) is 29.3. The van der Waals surface area contributed by atoms with E-state index in [0.29, 0.717) is 98.7 Å². The Bertz CT molecular complexity index is 2200. The second-order valence-electron chi connectivity index (χ2n) is 13.6. The van der Waals surface area contributed by atoms with Gasteiger partial charge in [-0.15, -0.1) is 5.10 Å². The first-order valence-corrected chi connectivity index (χ1v) is 17.8. The summed E-state index contributed by atoms with van der Waals surface area (Å²) in [5.41, 5.74) is 4.04. The third-order valence-corrected chi connectivity index (χ3v) is 10.4. The molecule has 2 fully saturated rings. The molecule has 14 nitrogen and oxygen atoms in total. The van der Waals surface area contributed by atoms with Gasteiger partial charge in [-0.25, -0.2) is 19.3 Å². The molecule has 5 aromatic rings. The van der Waals surface area contributed by atoms with Gasteiger partial charge in [-0.1, -0.05) is 41.4 Å². The molecular weight excluding hydrogens is 723 g/mol. The summed E-state index contributed by atoms with van der Waals surface area (Å²) in [6, 6.07) is 12.6. The number of aromatic nitrogens is 5. The van der Waals surface area contributed by atoms with Gasteiger partial charge in [-0.05, 0) is 50.5 Å². The Labute approximate surface area is 315 Å². The minimum atomic E-state index is -1.11. The second kappa shape index (κ2) is 14.8. The lowest BCUT2D eigenvalue weighted by atomic mass is 9.77. The molecular formula is C37H38Cl2N8O6. The van der Waals surface area contributed by atoms with Crippen molar-refractivity contribution in [3.05, 3.63) is 76.3 Å². The predicted molar refractivity (Wildman–Crippen MR) is 198 cm³/mol. The van der Waals surface area contributed by atoms with Gasteiger partial charge in [0.15, 0.2) is 17.2 Å². The van der Waals surface area contributed by atoms with E-state index in [9.17, 15) is 19.8 Å². The van der Waals surface area contributed by atoms with Crippen molar-refractivity contribution in [2.75, 3.05) is 20.8 Å². The van der Waals surface area contributed by atoms with Crippen LogP contribution in [0.1, 0.15) is 44.0 Å². The molecule has 1 saturated heterocycles. The van der Waals surface area contributed by atoms with Gasteiger partial charge < -0.3 is 35.2 Å². The fraction of sp³-hybridized carbons (Fsp3) is 0.351. The summed E-state index contributed by atoms with van der Waals surface area (Å²) in [6.07, 6.45) is 4.65. The first-order chi connectivity index (χ1) is 25.4. The van der Waals surface area contributed by atoms with Crippen LogP contribution in [-0.2, 0) is 17.9 Å². The number of carboxylic acid groups (broad SMARTS) is 1. The maximum Gasteiger partial charge on any atom is 0.407 e. The average molecular weight is 762 g/mol. The van der Waals surface area contributed by atoms with Crippen LogP contribution in [0.2, 0.25) is 10.0 Å². The molecule has 1 aliphatic heterocycles. The summed E-state index contributed by atoms with van der Waals surface area (Å²) < 4.78 is 12.9. The normalized spacial score (nSPS) is 19.5. The molecule has 1 saturated carbocycles. The lowest BCUT2D eigenvalue weighted by Gasteiger charge is -2.41. The zero-order chi connectivity index (χ0) is 37.4. The number of fused-ring (bicyclic) bond motifs is 1. The quantitative estimate of drug-likeness (QED) is 0.124. The summed E-state index contributed by atoms with van der Waals surface area (Å²) >= 11 is 14.2. The molecule has 16 heteroatoms. The molecule has 276 valence electrons. The van der Waals surface area contributed by atoms with Crippen molar-refractivity contribution in [2.45, 2.75) is 63.4 Å². The number of rotatable bonds is 12. The third kappa shape index (κ3) is 7.58. The Morgan fingerprint density at radius 3 is 2.57 bits per heavy atom. The summed E-state index contributed by atoms with van der Waals surface area (Å²) in [6.45, 7) is 2.44. The van der Waals surface area contributed by atoms with Crippen LogP contribution in [0.5, 0.6) is 11.6 Å². The van der Waals surface area contributed by atoms with Gasteiger partial charge in [0.1, 0.15) is 0 Å². The van der Waals surface area contributed by atoms with Gasteiger partial charge in [0.25, 0.3) is 0 Å². The number of carbonyl (C=O) groups excluding carboxylic acids is 1. The highest BCUT2D eigenvalue weighted by Crippen LogP contribution is 2.42. The van der Waals surface area contributed by atoms with E-state index in [1.54, 1.807) is 42.2 Å². The van der Waals surface area contributed by atoms with Crippen molar-refractivity contribution in [3.8, 4) is 45.3 Å². The second-order valence-corrected chi connectivity index (χ2v) is 14.4. The highest BCUT2D eigenvalue weighted by Gasteiger charge is 2.38. The van der Waals surface area contributed by atoms with Gasteiger partial charge in [-0.2, -0.15) is 0 Å². The Morgan fingerprint density at radius 2 is 1.87 bits per heavy atom. The van der Waals surface area contributed by atoms with Gasteiger partial charge in [0.2, 0.25) is 11.8 Å². The van der Waals surface area contributed by atoms with E-state index in [2.05, 4.69) is 25.7 Å². The minimum Gasteiger partial charge on any atom is -0.493 e. The molecule has 53 heavy (non-hydrogen) atoms. The van der Waals surface area contributed by atoms with Crippen molar-refractivity contribution in [2.24, 2.45) is 0 Å². The number of carbonyl (C=O) groups is 2. The molecule has 4 N–H and O–H groups in total. The Kier molecular flexibility index (Phi) is 10.1. The van der Waals surface area contributed by atoms with Crippen molar-refractivity contribution >= 4 is 40.8 Å². The summed E-state index contributed by atoms with van der Waals surface area (Å²) in [5.74, 6) is 1.25. The maximum absolute atomic E-state index is 12.1. The fourth-order valence-electron chi connectivity index (χ4n) is 6.94. The number of nitrogens with one attached hydrogen (secondary N) is 2. The molecule has 1 aromatic carbocycles.